The van der Waals surface area contributed by atoms with Crippen LogP contribution in [0, 0.1) is 22.6 Å². The van der Waals surface area contributed by atoms with Gasteiger partial charge in [0.15, 0.2) is 5.82 Å². The van der Waals surface area contributed by atoms with Gasteiger partial charge in [-0.05, 0) is 81.1 Å². The number of anilines is 1. The van der Waals surface area contributed by atoms with Crippen LogP contribution < -0.4 is 10.1 Å². The van der Waals surface area contributed by atoms with Crippen LogP contribution in [0.3, 0.4) is 0 Å². The number of methoxy groups -OCH3 is 1. The van der Waals surface area contributed by atoms with Gasteiger partial charge in [0.05, 0.1) is 18.2 Å². The summed E-state index contributed by atoms with van der Waals surface area (Å²) in [6, 6.07) is 0. The summed E-state index contributed by atoms with van der Waals surface area (Å²) in [6.45, 7) is 0.751. The number of aromatic nitrogens is 3. The van der Waals surface area contributed by atoms with E-state index >= 15 is 4.39 Å². The van der Waals surface area contributed by atoms with Gasteiger partial charge in [-0.15, -0.1) is 0 Å². The van der Waals surface area contributed by atoms with Gasteiger partial charge in [-0.3, -0.25) is 4.79 Å². The van der Waals surface area contributed by atoms with Crippen LogP contribution in [-0.2, 0) is 22.6 Å². The Morgan fingerprint density at radius 2 is 1.86 bits per heavy atom. The molecule has 0 aromatic carbocycles. The zero-order chi connectivity index (χ0) is 24.6. The SMILES string of the molecule is COc1ncc(CC23CCC(c4noc(C(C)(F)F)n4)(CC2)CC3)c(NC(=O)C23CC(C2)C3)c1F. The predicted octanol–water partition coefficient (Wildman–Crippen LogP) is 5.30. The summed E-state index contributed by atoms with van der Waals surface area (Å²) in [5.74, 6) is -3.69. The summed E-state index contributed by atoms with van der Waals surface area (Å²) >= 11 is 0. The predicted molar refractivity (Wildman–Crippen MR) is 119 cm³/mol. The van der Waals surface area contributed by atoms with Crippen LogP contribution in [0.25, 0.3) is 0 Å². The number of carbonyl (C=O) groups excluding carboxylic acids is 1. The Bertz CT molecular complexity index is 1150. The first kappa shape index (κ1) is 22.8. The molecule has 2 aromatic rings. The molecule has 1 amide bonds. The molecule has 7 nitrogen and oxygen atoms in total. The molecule has 188 valence electrons. The Kier molecular flexibility index (Phi) is 4.84. The van der Waals surface area contributed by atoms with E-state index in [1.165, 1.54) is 7.11 Å². The molecule has 1 N–H and O–H groups in total. The highest BCUT2D eigenvalue weighted by Gasteiger charge is 2.61. The van der Waals surface area contributed by atoms with Gasteiger partial charge in [0.1, 0.15) is 0 Å². The van der Waals surface area contributed by atoms with E-state index in [2.05, 4.69) is 20.4 Å². The van der Waals surface area contributed by atoms with E-state index in [0.717, 1.165) is 64.7 Å². The lowest BCUT2D eigenvalue weighted by molar-refractivity contribution is -0.158. The maximum absolute atomic E-state index is 15.3. The third kappa shape index (κ3) is 3.46. The lowest BCUT2D eigenvalue weighted by Gasteiger charge is -2.60. The first-order valence-electron chi connectivity index (χ1n) is 12.3. The van der Waals surface area contributed by atoms with Crippen molar-refractivity contribution in [3.63, 3.8) is 0 Å². The summed E-state index contributed by atoms with van der Waals surface area (Å²) in [7, 11) is 1.36. The van der Waals surface area contributed by atoms with Crippen LogP contribution in [0.1, 0.15) is 82.0 Å². The van der Waals surface area contributed by atoms with Crippen LogP contribution in [0.2, 0.25) is 0 Å². The molecular formula is C25H29F3N4O3. The molecule has 0 atom stereocenters. The number of fused-ring (bicyclic) bond motifs is 3. The molecule has 0 radical (unpaired) electrons. The molecule has 0 unspecified atom stereocenters. The fourth-order valence-corrected chi connectivity index (χ4v) is 6.80. The van der Waals surface area contributed by atoms with Crippen molar-refractivity contribution in [2.75, 3.05) is 12.4 Å². The van der Waals surface area contributed by atoms with Crippen LogP contribution in [0.15, 0.2) is 10.7 Å². The van der Waals surface area contributed by atoms with Gasteiger partial charge >= 0.3 is 5.92 Å². The Morgan fingerprint density at radius 3 is 2.37 bits per heavy atom. The second-order valence-corrected chi connectivity index (χ2v) is 11.5. The lowest BCUT2D eigenvalue weighted by Crippen LogP contribution is -2.58. The zero-order valence-corrected chi connectivity index (χ0v) is 19.9. The molecule has 2 aromatic heterocycles. The van der Waals surface area contributed by atoms with Crippen molar-refractivity contribution in [2.45, 2.75) is 82.5 Å². The number of nitrogens with one attached hydrogen (secondary N) is 1. The van der Waals surface area contributed by atoms with Gasteiger partial charge < -0.3 is 14.6 Å². The Hall–Kier alpha value is -2.65. The monoisotopic (exact) mass is 490 g/mol. The number of hydrogen-bond donors (Lipinski definition) is 1. The number of nitrogens with zero attached hydrogens (tertiary/aromatic N) is 3. The third-order valence-corrected chi connectivity index (χ3v) is 9.26. The number of rotatable bonds is 7. The first-order valence-corrected chi connectivity index (χ1v) is 12.3. The van der Waals surface area contributed by atoms with Gasteiger partial charge in [-0.2, -0.15) is 18.2 Å². The molecule has 0 spiro atoms. The third-order valence-electron chi connectivity index (χ3n) is 9.26. The number of amides is 1. The Balaban J connectivity index is 1.22. The number of carbonyl (C=O) groups is 1. The van der Waals surface area contributed by atoms with E-state index < -0.39 is 17.6 Å². The minimum absolute atomic E-state index is 0.0818. The van der Waals surface area contributed by atoms with Crippen molar-refractivity contribution in [1.82, 2.24) is 15.1 Å². The van der Waals surface area contributed by atoms with Crippen molar-refractivity contribution in [1.29, 1.82) is 0 Å². The molecule has 6 aliphatic carbocycles. The molecule has 6 saturated carbocycles. The number of pyridine rings is 1. The van der Waals surface area contributed by atoms with Gasteiger partial charge in [-0.1, -0.05) is 5.16 Å². The smallest absolute Gasteiger partial charge is 0.322 e. The standard InChI is InChI=1S/C25H29F3N4O3/c1-22(27,28)21-31-19(32-35-21)24-6-3-23(4-7-24,5-8-24)12-15-13-29-18(34-2)16(26)17(15)30-20(33)25-9-14(10-25)11-25/h13-14H,3-12H2,1-2H3,(H,29,30,33). The van der Waals surface area contributed by atoms with Crippen LogP contribution >= 0.6 is 0 Å². The molecule has 6 aliphatic rings. The highest BCUT2D eigenvalue weighted by Crippen LogP contribution is 2.65. The number of alkyl halides is 2. The molecule has 10 heteroatoms. The van der Waals surface area contributed by atoms with Crippen LogP contribution in [-0.4, -0.2) is 28.1 Å². The van der Waals surface area contributed by atoms with E-state index in [9.17, 15) is 13.6 Å². The average molecular weight is 491 g/mol. The van der Waals surface area contributed by atoms with Gasteiger partial charge in [0, 0.05) is 18.5 Å². The minimum Gasteiger partial charge on any atom is -0.479 e. The minimum atomic E-state index is -3.17. The first-order chi connectivity index (χ1) is 16.6. The summed E-state index contributed by atoms with van der Waals surface area (Å²) < 4.78 is 52.5. The van der Waals surface area contributed by atoms with E-state index in [4.69, 9.17) is 9.26 Å². The fraction of sp³-hybridized carbons (Fsp3) is 0.680. The molecule has 4 bridgehead atoms. The molecule has 2 heterocycles. The zero-order valence-electron chi connectivity index (χ0n) is 19.9. The van der Waals surface area contributed by atoms with Crippen LogP contribution in [0.5, 0.6) is 5.88 Å². The molecule has 6 fully saturated rings. The Morgan fingerprint density at radius 1 is 1.20 bits per heavy atom. The summed E-state index contributed by atoms with van der Waals surface area (Å²) in [5, 5.41) is 6.80. The summed E-state index contributed by atoms with van der Waals surface area (Å²) in [5.41, 5.74) is 0.0689. The molecule has 0 saturated heterocycles. The number of halogens is 3. The highest BCUT2D eigenvalue weighted by atomic mass is 19.3. The van der Waals surface area contributed by atoms with Crippen molar-refractivity contribution in [3.05, 3.63) is 29.3 Å². The molecule has 0 aliphatic heterocycles. The Labute approximate surface area is 201 Å². The normalized spacial score (nSPS) is 33.1. The highest BCUT2D eigenvalue weighted by molar-refractivity contribution is 5.98. The van der Waals surface area contributed by atoms with E-state index in [1.807, 2.05) is 0 Å². The van der Waals surface area contributed by atoms with E-state index in [0.29, 0.717) is 23.7 Å². The summed E-state index contributed by atoms with van der Waals surface area (Å²) in [6.07, 6.45) is 9.55. The van der Waals surface area contributed by atoms with Gasteiger partial charge in [0.25, 0.3) is 11.8 Å². The van der Waals surface area contributed by atoms with E-state index in [-0.39, 0.29) is 33.7 Å². The number of hydrogen-bond acceptors (Lipinski definition) is 6. The molecule has 8 rings (SSSR count). The van der Waals surface area contributed by atoms with Crippen molar-refractivity contribution in [2.24, 2.45) is 16.7 Å². The maximum Gasteiger partial charge on any atom is 0.322 e. The van der Waals surface area contributed by atoms with Gasteiger partial charge in [-0.25, -0.2) is 4.98 Å². The largest absolute Gasteiger partial charge is 0.479 e. The van der Waals surface area contributed by atoms with Crippen LogP contribution in [0.4, 0.5) is 18.9 Å². The molecular weight excluding hydrogens is 461 g/mol. The second kappa shape index (κ2) is 7.43. The summed E-state index contributed by atoms with van der Waals surface area (Å²) in [4.78, 5) is 21.2. The average Bonchev–Trinajstić information content (AvgIpc) is 3.27. The topological polar surface area (TPSA) is 90.1 Å². The quantitative estimate of drug-likeness (QED) is 0.567. The van der Waals surface area contributed by atoms with E-state index in [1.54, 1.807) is 6.20 Å². The van der Waals surface area contributed by atoms with Gasteiger partial charge in [0.2, 0.25) is 11.7 Å². The molecule has 35 heavy (non-hydrogen) atoms. The maximum atomic E-state index is 15.3. The number of ether oxygens (including phenoxy) is 1. The lowest BCUT2D eigenvalue weighted by atomic mass is 9.44. The van der Waals surface area contributed by atoms with Crippen molar-refractivity contribution < 1.29 is 27.2 Å². The van der Waals surface area contributed by atoms with Crippen molar-refractivity contribution in [3.8, 4) is 5.88 Å². The second-order valence-electron chi connectivity index (χ2n) is 11.5. The van der Waals surface area contributed by atoms with Crippen molar-refractivity contribution >= 4 is 11.6 Å². The fourth-order valence-electron chi connectivity index (χ4n) is 6.80.